The molecule has 1 spiro atoms. The van der Waals surface area contributed by atoms with Crippen molar-refractivity contribution >= 4 is 15.9 Å². The molecule has 0 aromatic rings. The average molecular weight is 315 g/mol. The minimum absolute atomic E-state index is 0.0398. The summed E-state index contributed by atoms with van der Waals surface area (Å²) in [4.78, 5) is 8.36. The predicted octanol–water partition coefficient (Wildman–Crippen LogP) is 3.17. The zero-order valence-electron chi connectivity index (χ0n) is 11.0. The summed E-state index contributed by atoms with van der Waals surface area (Å²) >= 11 is 3.45. The van der Waals surface area contributed by atoms with Crippen molar-refractivity contribution in [1.82, 2.24) is 10.4 Å². The van der Waals surface area contributed by atoms with E-state index in [-0.39, 0.29) is 5.60 Å². The van der Waals surface area contributed by atoms with E-state index in [1.54, 1.807) is 0 Å². The van der Waals surface area contributed by atoms with Gasteiger partial charge in [-0.1, -0.05) is 19.3 Å². The van der Waals surface area contributed by atoms with E-state index in [1.165, 1.54) is 51.7 Å². The Morgan fingerprint density at radius 3 is 2.61 bits per heavy atom. The molecule has 0 unspecified atom stereocenters. The highest BCUT2D eigenvalue weighted by Crippen LogP contribution is 2.34. The van der Waals surface area contributed by atoms with Crippen LogP contribution in [0.4, 0.5) is 0 Å². The molecular formula is C14H23BrN2O. The van der Waals surface area contributed by atoms with E-state index in [4.69, 9.17) is 4.84 Å². The normalized spacial score (nSPS) is 29.3. The summed E-state index contributed by atoms with van der Waals surface area (Å²) < 4.78 is 0.989. The van der Waals surface area contributed by atoms with Gasteiger partial charge in [0.15, 0.2) is 0 Å². The van der Waals surface area contributed by atoms with Gasteiger partial charge in [-0.05, 0) is 53.6 Å². The third-order valence-electron chi connectivity index (χ3n) is 4.69. The first-order valence-electron chi connectivity index (χ1n) is 7.31. The van der Waals surface area contributed by atoms with Crippen molar-refractivity contribution in [3.05, 3.63) is 10.7 Å². The summed E-state index contributed by atoms with van der Waals surface area (Å²) in [7, 11) is 0. The van der Waals surface area contributed by atoms with Crippen LogP contribution in [0, 0.1) is 5.92 Å². The number of hydroxylamine groups is 1. The fourth-order valence-electron chi connectivity index (χ4n) is 3.54. The summed E-state index contributed by atoms with van der Waals surface area (Å²) in [5.74, 6) is 0.956. The van der Waals surface area contributed by atoms with Gasteiger partial charge in [0.05, 0.1) is 0 Å². The zero-order chi connectivity index (χ0) is 12.4. The van der Waals surface area contributed by atoms with Gasteiger partial charge in [-0.15, -0.1) is 0 Å². The summed E-state index contributed by atoms with van der Waals surface area (Å²) in [5.41, 5.74) is 2.90. The van der Waals surface area contributed by atoms with Crippen LogP contribution < -0.4 is 5.48 Å². The lowest BCUT2D eigenvalue weighted by molar-refractivity contribution is -0.0737. The SMILES string of the molecule is BrC1=CC2(CCN(CC3CCCCC3)CC2)ON1. The lowest BCUT2D eigenvalue weighted by atomic mass is 9.87. The van der Waals surface area contributed by atoms with Crippen molar-refractivity contribution in [2.45, 2.75) is 50.5 Å². The second-order valence-corrected chi connectivity index (χ2v) is 6.92. The van der Waals surface area contributed by atoms with Crippen molar-refractivity contribution < 1.29 is 4.84 Å². The van der Waals surface area contributed by atoms with Crippen LogP contribution in [0.25, 0.3) is 0 Å². The zero-order valence-corrected chi connectivity index (χ0v) is 12.5. The number of rotatable bonds is 2. The molecular weight excluding hydrogens is 292 g/mol. The number of nitrogens with zero attached hydrogens (tertiary/aromatic N) is 1. The third-order valence-corrected chi connectivity index (χ3v) is 5.08. The molecule has 0 radical (unpaired) electrons. The van der Waals surface area contributed by atoms with Crippen LogP contribution in [0.3, 0.4) is 0 Å². The Bertz CT molecular complexity index is 318. The van der Waals surface area contributed by atoms with Crippen LogP contribution in [-0.2, 0) is 4.84 Å². The first kappa shape index (κ1) is 12.9. The molecule has 0 amide bonds. The Morgan fingerprint density at radius 2 is 2.00 bits per heavy atom. The summed E-state index contributed by atoms with van der Waals surface area (Å²) in [5, 5.41) is 0. The van der Waals surface area contributed by atoms with Crippen molar-refractivity contribution in [2.75, 3.05) is 19.6 Å². The quantitative estimate of drug-likeness (QED) is 0.792. The summed E-state index contributed by atoms with van der Waals surface area (Å²) in [6, 6.07) is 0. The van der Waals surface area contributed by atoms with Gasteiger partial charge in [0, 0.05) is 19.6 Å². The molecule has 1 saturated heterocycles. The lowest BCUT2D eigenvalue weighted by Crippen LogP contribution is -2.46. The number of nitrogens with one attached hydrogen (secondary N) is 1. The smallest absolute Gasteiger partial charge is 0.119 e. The first-order chi connectivity index (χ1) is 8.76. The highest BCUT2D eigenvalue weighted by atomic mass is 79.9. The van der Waals surface area contributed by atoms with Gasteiger partial charge in [-0.25, -0.2) is 0 Å². The summed E-state index contributed by atoms with van der Waals surface area (Å²) in [6.07, 6.45) is 11.7. The Balaban J connectivity index is 1.48. The van der Waals surface area contributed by atoms with Crippen LogP contribution >= 0.6 is 15.9 Å². The van der Waals surface area contributed by atoms with Crippen LogP contribution in [-0.4, -0.2) is 30.1 Å². The maximum Gasteiger partial charge on any atom is 0.119 e. The fourth-order valence-corrected chi connectivity index (χ4v) is 4.03. The van der Waals surface area contributed by atoms with Crippen molar-refractivity contribution in [3.8, 4) is 0 Å². The largest absolute Gasteiger partial charge is 0.303 e. The van der Waals surface area contributed by atoms with E-state index in [9.17, 15) is 0 Å². The maximum atomic E-state index is 5.72. The molecule has 3 aliphatic rings. The molecule has 0 aromatic heterocycles. The first-order valence-corrected chi connectivity index (χ1v) is 8.10. The van der Waals surface area contributed by atoms with Crippen molar-refractivity contribution in [1.29, 1.82) is 0 Å². The molecule has 0 atom stereocenters. The molecule has 3 rings (SSSR count). The standard InChI is InChI=1S/C14H23BrN2O/c15-13-10-14(18-16-13)6-8-17(9-7-14)11-12-4-2-1-3-5-12/h10,12,16H,1-9,11H2. The van der Waals surface area contributed by atoms with Crippen LogP contribution in [0.15, 0.2) is 10.7 Å². The van der Waals surface area contributed by atoms with Crippen LogP contribution in [0.5, 0.6) is 0 Å². The van der Waals surface area contributed by atoms with Crippen LogP contribution in [0.2, 0.25) is 0 Å². The van der Waals surface area contributed by atoms with E-state index < -0.39 is 0 Å². The van der Waals surface area contributed by atoms with Gasteiger partial charge in [-0.2, -0.15) is 0 Å². The highest BCUT2D eigenvalue weighted by Gasteiger charge is 2.38. The minimum atomic E-state index is -0.0398. The highest BCUT2D eigenvalue weighted by molar-refractivity contribution is 9.11. The molecule has 18 heavy (non-hydrogen) atoms. The monoisotopic (exact) mass is 314 g/mol. The molecule has 0 aromatic carbocycles. The molecule has 0 bridgehead atoms. The number of likely N-dealkylation sites (tertiary alicyclic amines) is 1. The molecule has 2 aliphatic heterocycles. The van der Waals surface area contributed by atoms with E-state index >= 15 is 0 Å². The molecule has 1 N–H and O–H groups in total. The second kappa shape index (κ2) is 5.51. The number of piperidine rings is 1. The van der Waals surface area contributed by atoms with E-state index in [2.05, 4.69) is 32.4 Å². The summed E-state index contributed by atoms with van der Waals surface area (Å²) in [6.45, 7) is 3.66. The topological polar surface area (TPSA) is 24.5 Å². The van der Waals surface area contributed by atoms with E-state index in [0.717, 1.165) is 23.4 Å². The van der Waals surface area contributed by atoms with Gasteiger partial charge < -0.3 is 4.90 Å². The molecule has 4 heteroatoms. The number of halogens is 1. The van der Waals surface area contributed by atoms with E-state index in [0.29, 0.717) is 0 Å². The van der Waals surface area contributed by atoms with Gasteiger partial charge in [0.1, 0.15) is 10.2 Å². The van der Waals surface area contributed by atoms with Crippen molar-refractivity contribution in [2.24, 2.45) is 5.92 Å². The predicted molar refractivity (Wildman–Crippen MR) is 76.2 cm³/mol. The Hall–Kier alpha value is -0.0600. The van der Waals surface area contributed by atoms with Crippen LogP contribution in [0.1, 0.15) is 44.9 Å². The molecule has 2 heterocycles. The molecule has 102 valence electrons. The van der Waals surface area contributed by atoms with Gasteiger partial charge in [-0.3, -0.25) is 10.3 Å². The number of hydrogen-bond acceptors (Lipinski definition) is 3. The van der Waals surface area contributed by atoms with Crippen molar-refractivity contribution in [3.63, 3.8) is 0 Å². The molecule has 3 nitrogen and oxygen atoms in total. The van der Waals surface area contributed by atoms with E-state index in [1.807, 2.05) is 0 Å². The molecule has 1 aliphatic carbocycles. The Kier molecular flexibility index (Phi) is 3.97. The molecule has 2 fully saturated rings. The molecule has 1 saturated carbocycles. The lowest BCUT2D eigenvalue weighted by Gasteiger charge is -2.38. The number of hydrogen-bond donors (Lipinski definition) is 1. The van der Waals surface area contributed by atoms with Gasteiger partial charge in [0.2, 0.25) is 0 Å². The Morgan fingerprint density at radius 1 is 1.28 bits per heavy atom. The second-order valence-electron chi connectivity index (χ2n) is 6.07. The van der Waals surface area contributed by atoms with Gasteiger partial charge >= 0.3 is 0 Å². The average Bonchev–Trinajstić information content (AvgIpc) is 2.75. The third kappa shape index (κ3) is 2.91. The van der Waals surface area contributed by atoms with Gasteiger partial charge in [0.25, 0.3) is 0 Å². The fraction of sp³-hybridized carbons (Fsp3) is 0.857. The Labute approximate surface area is 118 Å². The minimum Gasteiger partial charge on any atom is -0.303 e. The maximum absolute atomic E-state index is 5.72.